The lowest BCUT2D eigenvalue weighted by Crippen LogP contribution is -2.11. The molecule has 0 atom stereocenters. The topological polar surface area (TPSA) is 96.7 Å². The van der Waals surface area contributed by atoms with Crippen LogP contribution in [0.25, 0.3) is 11.0 Å². The van der Waals surface area contributed by atoms with Crippen molar-refractivity contribution in [3.8, 4) is 11.8 Å². The summed E-state index contributed by atoms with van der Waals surface area (Å²) in [6, 6.07) is 5.27. The zero-order valence-electron chi connectivity index (χ0n) is 10.9. The van der Waals surface area contributed by atoms with Crippen LogP contribution in [0, 0.1) is 11.8 Å². The lowest BCUT2D eigenvalue weighted by molar-refractivity contribution is 0.102. The van der Waals surface area contributed by atoms with Crippen molar-refractivity contribution in [1.29, 1.82) is 0 Å². The minimum Gasteiger partial charge on any atom is -0.345 e. The van der Waals surface area contributed by atoms with Crippen LogP contribution < -0.4 is 11.1 Å². The Kier molecular flexibility index (Phi) is 3.64. The highest BCUT2D eigenvalue weighted by molar-refractivity contribution is 7.16. The molecule has 3 rings (SSSR count). The van der Waals surface area contributed by atoms with Crippen molar-refractivity contribution in [3.63, 3.8) is 0 Å². The maximum absolute atomic E-state index is 12.2. The molecule has 6 nitrogen and oxygen atoms in total. The number of amides is 1. The average molecular weight is 297 g/mol. The summed E-state index contributed by atoms with van der Waals surface area (Å²) in [6.45, 7) is 0.295. The Morgan fingerprint density at radius 2 is 2.33 bits per heavy atom. The van der Waals surface area contributed by atoms with Crippen molar-refractivity contribution in [2.24, 2.45) is 5.73 Å². The fourth-order valence-corrected chi connectivity index (χ4v) is 2.46. The van der Waals surface area contributed by atoms with Crippen molar-refractivity contribution in [1.82, 2.24) is 15.0 Å². The summed E-state index contributed by atoms with van der Waals surface area (Å²) in [7, 11) is 0. The second kappa shape index (κ2) is 5.75. The third kappa shape index (κ3) is 2.91. The molecule has 104 valence electrons. The molecule has 0 saturated carbocycles. The number of benzene rings is 1. The first-order valence-corrected chi connectivity index (χ1v) is 6.97. The maximum Gasteiger partial charge on any atom is 0.257 e. The van der Waals surface area contributed by atoms with Gasteiger partial charge in [0.25, 0.3) is 5.91 Å². The molecule has 0 aliphatic rings. The van der Waals surface area contributed by atoms with Crippen LogP contribution in [0.5, 0.6) is 0 Å². The number of nitrogens with one attached hydrogen (secondary N) is 2. The van der Waals surface area contributed by atoms with E-state index in [1.165, 1.54) is 11.3 Å². The molecule has 0 fully saturated rings. The number of hydrogen-bond acceptors (Lipinski definition) is 5. The monoisotopic (exact) mass is 297 g/mol. The molecule has 7 heteroatoms. The Labute approximate surface area is 124 Å². The molecule has 0 spiro atoms. The van der Waals surface area contributed by atoms with Crippen molar-refractivity contribution in [2.45, 2.75) is 0 Å². The van der Waals surface area contributed by atoms with Gasteiger partial charge >= 0.3 is 0 Å². The molecule has 0 aliphatic carbocycles. The van der Waals surface area contributed by atoms with E-state index >= 15 is 0 Å². The third-order valence-electron chi connectivity index (χ3n) is 2.72. The molecule has 21 heavy (non-hydrogen) atoms. The van der Waals surface area contributed by atoms with Crippen molar-refractivity contribution in [2.75, 3.05) is 11.9 Å². The van der Waals surface area contributed by atoms with E-state index in [1.807, 2.05) is 0 Å². The van der Waals surface area contributed by atoms with E-state index in [1.54, 1.807) is 30.7 Å². The van der Waals surface area contributed by atoms with Crippen molar-refractivity contribution < 1.29 is 4.79 Å². The fraction of sp³-hybridized carbons (Fsp3) is 0.0714. The molecule has 3 aromatic rings. The number of imidazole rings is 1. The van der Waals surface area contributed by atoms with Gasteiger partial charge in [-0.15, -0.1) is 0 Å². The molecule has 2 heterocycles. The van der Waals surface area contributed by atoms with Gasteiger partial charge < -0.3 is 10.7 Å². The molecular formula is C14H11N5OS. The Morgan fingerprint density at radius 3 is 3.19 bits per heavy atom. The van der Waals surface area contributed by atoms with Gasteiger partial charge in [0, 0.05) is 5.56 Å². The Balaban J connectivity index is 1.77. The first kappa shape index (κ1) is 13.3. The number of nitrogens with zero attached hydrogens (tertiary/aromatic N) is 2. The standard InChI is InChI=1S/C14H11N5OS/c15-5-1-2-10-7-16-14(21-10)19-13(20)9-3-4-11-12(6-9)18-8-17-11/h3-4,6-8H,5,15H2,(H,17,18)(H,16,19,20). The quantitative estimate of drug-likeness (QED) is 0.626. The maximum atomic E-state index is 12.2. The van der Waals surface area contributed by atoms with Crippen LogP contribution in [-0.4, -0.2) is 27.4 Å². The van der Waals surface area contributed by atoms with Crippen molar-refractivity contribution in [3.05, 3.63) is 41.2 Å². The molecule has 1 aromatic carbocycles. The molecule has 4 N–H and O–H groups in total. The van der Waals surface area contributed by atoms with Gasteiger partial charge in [0.15, 0.2) is 5.13 Å². The van der Waals surface area contributed by atoms with Crippen LogP contribution in [0.15, 0.2) is 30.7 Å². The molecule has 0 radical (unpaired) electrons. The number of carbonyl (C=O) groups excluding carboxylic acids is 1. The van der Waals surface area contributed by atoms with E-state index in [2.05, 4.69) is 32.1 Å². The molecule has 0 bridgehead atoms. The smallest absolute Gasteiger partial charge is 0.257 e. The lowest BCUT2D eigenvalue weighted by atomic mass is 10.2. The van der Waals surface area contributed by atoms with Crippen LogP contribution in [0.2, 0.25) is 0 Å². The minimum atomic E-state index is -0.223. The summed E-state index contributed by atoms with van der Waals surface area (Å²) in [5, 5.41) is 3.25. The van der Waals surface area contributed by atoms with Gasteiger partial charge in [-0.2, -0.15) is 0 Å². The van der Waals surface area contributed by atoms with E-state index in [0.29, 0.717) is 17.2 Å². The molecule has 0 unspecified atom stereocenters. The average Bonchev–Trinajstić information content (AvgIpc) is 3.12. The number of rotatable bonds is 2. The number of nitrogens with two attached hydrogens (primary N) is 1. The largest absolute Gasteiger partial charge is 0.345 e. The number of thiazole rings is 1. The molecule has 2 aromatic heterocycles. The van der Waals surface area contributed by atoms with Crippen LogP contribution >= 0.6 is 11.3 Å². The zero-order valence-corrected chi connectivity index (χ0v) is 11.7. The highest BCUT2D eigenvalue weighted by Gasteiger charge is 2.10. The van der Waals surface area contributed by atoms with Gasteiger partial charge in [-0.1, -0.05) is 23.2 Å². The van der Waals surface area contributed by atoms with E-state index in [4.69, 9.17) is 5.73 Å². The molecule has 0 saturated heterocycles. The van der Waals surface area contributed by atoms with Gasteiger partial charge in [-0.05, 0) is 18.2 Å². The van der Waals surface area contributed by atoms with Gasteiger partial charge in [0.05, 0.1) is 35.0 Å². The summed E-state index contributed by atoms with van der Waals surface area (Å²) in [4.78, 5) is 24.1. The van der Waals surface area contributed by atoms with Crippen LogP contribution in [-0.2, 0) is 0 Å². The van der Waals surface area contributed by atoms with Gasteiger partial charge in [0.2, 0.25) is 0 Å². The van der Waals surface area contributed by atoms with E-state index < -0.39 is 0 Å². The predicted molar refractivity (Wildman–Crippen MR) is 82.1 cm³/mol. The number of carbonyl (C=O) groups is 1. The summed E-state index contributed by atoms with van der Waals surface area (Å²) in [6.07, 6.45) is 3.20. The number of aromatic nitrogens is 3. The lowest BCUT2D eigenvalue weighted by Gasteiger charge is -2.01. The zero-order chi connectivity index (χ0) is 14.7. The van der Waals surface area contributed by atoms with E-state index in [9.17, 15) is 4.79 Å². The fourth-order valence-electron chi connectivity index (χ4n) is 1.77. The van der Waals surface area contributed by atoms with Gasteiger partial charge in [-0.25, -0.2) is 9.97 Å². The molecular weight excluding hydrogens is 286 g/mol. The second-order valence-corrected chi connectivity index (χ2v) is 5.15. The number of H-pyrrole nitrogens is 1. The molecule has 0 aliphatic heterocycles. The van der Waals surface area contributed by atoms with E-state index in [-0.39, 0.29) is 5.91 Å². The van der Waals surface area contributed by atoms with Crippen LogP contribution in [0.3, 0.4) is 0 Å². The SMILES string of the molecule is NCC#Cc1cnc(NC(=O)c2ccc3nc[nH]c3c2)s1. The summed E-state index contributed by atoms with van der Waals surface area (Å²) < 4.78 is 0. The third-order valence-corrected chi connectivity index (χ3v) is 3.55. The summed E-state index contributed by atoms with van der Waals surface area (Å²) in [5.41, 5.74) is 7.48. The number of anilines is 1. The Bertz CT molecular complexity index is 855. The van der Waals surface area contributed by atoms with Crippen molar-refractivity contribution >= 4 is 33.4 Å². The number of fused-ring (bicyclic) bond motifs is 1. The second-order valence-electron chi connectivity index (χ2n) is 4.12. The first-order valence-electron chi connectivity index (χ1n) is 6.15. The first-order chi connectivity index (χ1) is 10.3. The number of hydrogen-bond donors (Lipinski definition) is 3. The Morgan fingerprint density at radius 1 is 1.43 bits per heavy atom. The highest BCUT2D eigenvalue weighted by atomic mass is 32.1. The molecule has 1 amide bonds. The highest BCUT2D eigenvalue weighted by Crippen LogP contribution is 2.19. The minimum absolute atomic E-state index is 0.223. The van der Waals surface area contributed by atoms with Crippen LogP contribution in [0.4, 0.5) is 5.13 Å². The van der Waals surface area contributed by atoms with Crippen LogP contribution in [0.1, 0.15) is 15.2 Å². The predicted octanol–water partition coefficient (Wildman–Crippen LogP) is 1.58. The number of aromatic amines is 1. The van der Waals surface area contributed by atoms with Gasteiger partial charge in [0.1, 0.15) is 0 Å². The summed E-state index contributed by atoms with van der Waals surface area (Å²) in [5.74, 6) is 5.40. The van der Waals surface area contributed by atoms with Gasteiger partial charge in [-0.3, -0.25) is 10.1 Å². The Hall–Kier alpha value is -2.69. The summed E-state index contributed by atoms with van der Waals surface area (Å²) >= 11 is 1.31. The normalized spacial score (nSPS) is 10.1. The van der Waals surface area contributed by atoms with E-state index in [0.717, 1.165) is 15.9 Å².